The number of hydrogen-bond acceptors (Lipinski definition) is 6. The number of fused-ring (bicyclic) bond motifs is 1. The number of nitrogens with one attached hydrogen (secondary N) is 1. The van der Waals surface area contributed by atoms with Gasteiger partial charge in [-0.1, -0.05) is 41.5 Å². The van der Waals surface area contributed by atoms with E-state index in [-0.39, 0.29) is 5.70 Å². The molecule has 0 aliphatic carbocycles. The van der Waals surface area contributed by atoms with Crippen molar-refractivity contribution in [1.29, 1.82) is 0 Å². The Morgan fingerprint density at radius 2 is 1.40 bits per heavy atom. The largest absolute Gasteiger partial charge is 0.422 e. The molecule has 6 nitrogen and oxygen atoms in total. The van der Waals surface area contributed by atoms with Crippen molar-refractivity contribution in [2.75, 3.05) is 5.32 Å². The second-order valence-corrected chi connectivity index (χ2v) is 9.03. The molecular weight excluding hydrogens is 442 g/mol. The molecule has 0 fully saturated rings. The minimum absolute atomic E-state index is 0.249. The Labute approximate surface area is 204 Å². The maximum absolute atomic E-state index is 13.8. The molecule has 35 heavy (non-hydrogen) atoms. The summed E-state index contributed by atoms with van der Waals surface area (Å²) in [7, 11) is 0. The first-order chi connectivity index (χ1) is 16.5. The molecular formula is C29H27NO5. The van der Waals surface area contributed by atoms with Crippen molar-refractivity contribution in [3.8, 4) is 11.5 Å². The molecule has 0 unspecified atom stereocenters. The van der Waals surface area contributed by atoms with Gasteiger partial charge in [0.15, 0.2) is 5.75 Å². The summed E-state index contributed by atoms with van der Waals surface area (Å²) in [6.45, 7) is 11.1. The van der Waals surface area contributed by atoms with E-state index in [1.807, 2.05) is 58.9 Å². The Morgan fingerprint density at radius 3 is 2.09 bits per heavy atom. The molecule has 1 N–H and O–H groups in total. The van der Waals surface area contributed by atoms with Crippen molar-refractivity contribution in [3.05, 3.63) is 98.7 Å². The quantitative estimate of drug-likeness (QED) is 0.134. The van der Waals surface area contributed by atoms with Crippen LogP contribution in [-0.2, 0) is 9.59 Å². The molecule has 0 atom stereocenters. The molecule has 178 valence electrons. The minimum Gasteiger partial charge on any atom is -0.422 e. The third-order valence-electron chi connectivity index (χ3n) is 5.92. The Balaban J connectivity index is 1.87. The van der Waals surface area contributed by atoms with Crippen molar-refractivity contribution >= 4 is 23.4 Å². The number of carbonyl (C=O) groups is 3. The Kier molecular flexibility index (Phi) is 6.31. The van der Waals surface area contributed by atoms with Gasteiger partial charge in [-0.2, -0.15) is 0 Å². The summed E-state index contributed by atoms with van der Waals surface area (Å²) in [6, 6.07) is 14.4. The summed E-state index contributed by atoms with van der Waals surface area (Å²) < 4.78 is 11.2. The van der Waals surface area contributed by atoms with Crippen LogP contribution in [0.15, 0.2) is 59.8 Å². The first kappa shape index (κ1) is 24.0. The van der Waals surface area contributed by atoms with E-state index in [1.165, 1.54) is 0 Å². The second-order valence-electron chi connectivity index (χ2n) is 9.03. The number of anilines is 1. The Hall–Kier alpha value is -4.19. The minimum atomic E-state index is -0.929. The Morgan fingerprint density at radius 1 is 0.771 bits per heavy atom. The molecule has 0 amide bonds. The number of carbonyl (C=O) groups excluding carboxylic acids is 3. The van der Waals surface area contributed by atoms with Gasteiger partial charge in [0, 0.05) is 5.56 Å². The van der Waals surface area contributed by atoms with Crippen molar-refractivity contribution in [1.82, 2.24) is 0 Å². The van der Waals surface area contributed by atoms with E-state index >= 15 is 0 Å². The van der Waals surface area contributed by atoms with Crippen LogP contribution in [0.25, 0.3) is 0 Å². The highest BCUT2D eigenvalue weighted by Crippen LogP contribution is 2.34. The molecule has 3 aromatic rings. The SMILES string of the molecule is Cc1cc(C)c(OC(=O)C(C(=O)c2cc(C)ccc2C)=C2Nc3cc(C)ccc3OC2=O)c(C)c1. The van der Waals surface area contributed by atoms with Gasteiger partial charge in [0.25, 0.3) is 0 Å². The summed E-state index contributed by atoms with van der Waals surface area (Å²) in [4.78, 5) is 40.4. The molecule has 0 spiro atoms. The molecule has 0 saturated heterocycles. The fourth-order valence-corrected chi connectivity index (χ4v) is 4.23. The van der Waals surface area contributed by atoms with Crippen LogP contribution in [0.3, 0.4) is 0 Å². The summed E-state index contributed by atoms with van der Waals surface area (Å²) in [5.41, 5.74) is 5.11. The molecule has 4 rings (SSSR count). The monoisotopic (exact) mass is 469 g/mol. The molecule has 0 saturated carbocycles. The number of ether oxygens (including phenoxy) is 2. The van der Waals surface area contributed by atoms with E-state index in [4.69, 9.17) is 9.47 Å². The van der Waals surface area contributed by atoms with Crippen LogP contribution in [0.1, 0.15) is 43.7 Å². The van der Waals surface area contributed by atoms with E-state index in [0.29, 0.717) is 28.3 Å². The number of rotatable bonds is 4. The lowest BCUT2D eigenvalue weighted by Gasteiger charge is -2.23. The first-order valence-corrected chi connectivity index (χ1v) is 11.3. The number of benzene rings is 3. The summed E-state index contributed by atoms with van der Waals surface area (Å²) in [5, 5.41) is 2.96. The number of aryl methyl sites for hydroxylation is 6. The molecule has 0 radical (unpaired) electrons. The van der Waals surface area contributed by atoms with E-state index in [1.54, 1.807) is 31.2 Å². The first-order valence-electron chi connectivity index (χ1n) is 11.3. The number of esters is 2. The third kappa shape index (κ3) is 4.73. The summed E-state index contributed by atoms with van der Waals surface area (Å²) >= 11 is 0. The molecule has 1 heterocycles. The predicted molar refractivity (Wildman–Crippen MR) is 134 cm³/mol. The molecule has 1 aliphatic rings. The van der Waals surface area contributed by atoms with Crippen molar-refractivity contribution in [2.45, 2.75) is 41.5 Å². The van der Waals surface area contributed by atoms with E-state index < -0.39 is 23.3 Å². The van der Waals surface area contributed by atoms with Crippen molar-refractivity contribution in [3.63, 3.8) is 0 Å². The van der Waals surface area contributed by atoms with Crippen LogP contribution in [0, 0.1) is 41.5 Å². The van der Waals surface area contributed by atoms with Gasteiger partial charge in [0.1, 0.15) is 17.0 Å². The van der Waals surface area contributed by atoms with Gasteiger partial charge in [-0.15, -0.1) is 0 Å². The predicted octanol–water partition coefficient (Wildman–Crippen LogP) is 5.61. The number of Topliss-reactive ketones (excluding diaryl/α,β-unsaturated/α-hetero) is 1. The van der Waals surface area contributed by atoms with Gasteiger partial charge in [0.05, 0.1) is 5.69 Å². The molecule has 0 bridgehead atoms. The lowest BCUT2D eigenvalue weighted by atomic mass is 9.95. The summed E-state index contributed by atoms with van der Waals surface area (Å²) in [6.07, 6.45) is 0. The maximum atomic E-state index is 13.8. The van der Waals surface area contributed by atoms with Gasteiger partial charge >= 0.3 is 11.9 Å². The zero-order valence-corrected chi connectivity index (χ0v) is 20.7. The second kappa shape index (κ2) is 9.22. The van der Waals surface area contributed by atoms with Gasteiger partial charge in [0.2, 0.25) is 5.78 Å². The third-order valence-corrected chi connectivity index (χ3v) is 5.92. The lowest BCUT2D eigenvalue weighted by Crippen LogP contribution is -2.31. The fourth-order valence-electron chi connectivity index (χ4n) is 4.23. The standard InChI is InChI=1S/C29H27NO5/c1-15-7-9-18(4)21(13-15)26(31)24(28(32)35-27-19(5)11-17(3)12-20(27)6)25-29(33)34-23-10-8-16(2)14-22(23)30-25/h7-14,30H,1-6H3. The molecule has 0 aromatic heterocycles. The van der Waals surface area contributed by atoms with E-state index in [9.17, 15) is 14.4 Å². The van der Waals surface area contributed by atoms with Gasteiger partial charge in [-0.05, 0) is 82.0 Å². The zero-order valence-electron chi connectivity index (χ0n) is 20.7. The summed E-state index contributed by atoms with van der Waals surface area (Å²) in [5.74, 6) is -1.70. The van der Waals surface area contributed by atoms with Gasteiger partial charge < -0.3 is 14.8 Å². The van der Waals surface area contributed by atoms with Gasteiger partial charge in [-0.3, -0.25) is 4.79 Å². The van der Waals surface area contributed by atoms with Crippen molar-refractivity contribution in [2.24, 2.45) is 0 Å². The molecule has 1 aliphatic heterocycles. The molecule has 3 aromatic carbocycles. The highest BCUT2D eigenvalue weighted by atomic mass is 16.5. The van der Waals surface area contributed by atoms with Crippen LogP contribution < -0.4 is 14.8 Å². The smallest absolute Gasteiger partial charge is 0.361 e. The highest BCUT2D eigenvalue weighted by Gasteiger charge is 2.35. The van der Waals surface area contributed by atoms with Crippen LogP contribution >= 0.6 is 0 Å². The number of hydrogen-bond donors (Lipinski definition) is 1. The normalized spacial score (nSPS) is 13.9. The van der Waals surface area contributed by atoms with E-state index in [0.717, 1.165) is 27.8 Å². The van der Waals surface area contributed by atoms with Crippen LogP contribution in [0.2, 0.25) is 0 Å². The van der Waals surface area contributed by atoms with Crippen LogP contribution in [0.5, 0.6) is 11.5 Å². The average molecular weight is 470 g/mol. The topological polar surface area (TPSA) is 81.7 Å². The highest BCUT2D eigenvalue weighted by molar-refractivity contribution is 6.29. The van der Waals surface area contributed by atoms with Crippen molar-refractivity contribution < 1.29 is 23.9 Å². The zero-order chi connectivity index (χ0) is 25.4. The maximum Gasteiger partial charge on any atom is 0.361 e. The molecule has 6 heteroatoms. The lowest BCUT2D eigenvalue weighted by molar-refractivity contribution is -0.133. The fraction of sp³-hybridized carbons (Fsp3) is 0.207. The number of ketones is 1. The van der Waals surface area contributed by atoms with E-state index in [2.05, 4.69) is 5.32 Å². The van der Waals surface area contributed by atoms with Crippen LogP contribution in [0.4, 0.5) is 5.69 Å². The Bertz CT molecular complexity index is 1410. The van der Waals surface area contributed by atoms with Crippen LogP contribution in [-0.4, -0.2) is 17.7 Å². The van der Waals surface area contributed by atoms with Gasteiger partial charge in [-0.25, -0.2) is 9.59 Å². The average Bonchev–Trinajstić information content (AvgIpc) is 2.78.